The van der Waals surface area contributed by atoms with Gasteiger partial charge in [-0.15, -0.1) is 0 Å². The molecule has 0 unspecified atom stereocenters. The molecule has 0 aromatic heterocycles. The average Bonchev–Trinajstić information content (AvgIpc) is 2.89. The Morgan fingerprint density at radius 3 is 2.05 bits per heavy atom. The van der Waals surface area contributed by atoms with E-state index >= 15 is 0 Å². The second-order valence-corrected chi connectivity index (χ2v) is 10.2. The van der Waals surface area contributed by atoms with Gasteiger partial charge in [0.1, 0.15) is 6.04 Å². The topological polar surface area (TPSA) is 92.8 Å². The fraction of sp³-hybridized carbons (Fsp3) is 0.400. The number of carbonyl (C=O) groups is 4. The first-order chi connectivity index (χ1) is 17.8. The molecule has 0 aliphatic rings. The lowest BCUT2D eigenvalue weighted by molar-refractivity contribution is -0.139. The average molecular weight is 516 g/mol. The summed E-state index contributed by atoms with van der Waals surface area (Å²) in [5, 5.41) is 2.62. The Morgan fingerprint density at radius 1 is 1.00 bits per heavy atom. The molecule has 2 atom stereocenters. The first kappa shape index (κ1) is 30.5. The maximum absolute atomic E-state index is 13.8. The van der Waals surface area contributed by atoms with Crippen LogP contribution in [0.15, 0.2) is 66.2 Å². The molecule has 8 heteroatoms. The third-order valence-electron chi connectivity index (χ3n) is 6.68. The molecule has 0 spiro atoms. The first-order valence-electron chi connectivity index (χ1n) is 12.7. The quantitative estimate of drug-likeness (QED) is 0.206. The van der Waals surface area contributed by atoms with E-state index in [0.717, 1.165) is 5.56 Å². The first-order valence-corrected chi connectivity index (χ1v) is 12.7. The molecule has 0 saturated heterocycles. The molecule has 1 N–H and O–H groups in total. The molecule has 2 amide bonds. The Bertz CT molecular complexity index is 1170. The molecule has 0 saturated carbocycles. The van der Waals surface area contributed by atoms with E-state index in [1.54, 1.807) is 75.5 Å². The summed E-state index contributed by atoms with van der Waals surface area (Å²) in [4.78, 5) is 52.4. The summed E-state index contributed by atoms with van der Waals surface area (Å²) in [6, 6.07) is 14.5. The molecule has 0 aliphatic heterocycles. The van der Waals surface area contributed by atoms with Gasteiger partial charge in [0.25, 0.3) is 0 Å². The standard InChI is InChI=1S/C30H37BN2O5/c1-8-38-28(36)20(4)18-24(19(2)3)33(7)27(35)26(32-29(31)37)30(5,6)23-16-14-22(15-17-23)25(34)21-12-10-9-11-13-21/h9-19,24,26H,8H2,1-7H3,(H,32,37)/b20-18+/t24-,26-/m1/s1. The van der Waals surface area contributed by atoms with E-state index in [-0.39, 0.29) is 24.2 Å². The van der Waals surface area contributed by atoms with Gasteiger partial charge in [0.2, 0.25) is 13.8 Å². The van der Waals surface area contributed by atoms with Crippen LogP contribution < -0.4 is 5.32 Å². The number of likely N-dealkylation sites (N-methyl/N-ethyl adjacent to an activating group) is 1. The van der Waals surface area contributed by atoms with Crippen molar-refractivity contribution in [2.75, 3.05) is 13.7 Å². The van der Waals surface area contributed by atoms with E-state index in [0.29, 0.717) is 16.7 Å². The van der Waals surface area contributed by atoms with Crippen molar-refractivity contribution in [1.29, 1.82) is 0 Å². The Morgan fingerprint density at radius 2 is 1.55 bits per heavy atom. The minimum Gasteiger partial charge on any atom is -0.463 e. The third-order valence-corrected chi connectivity index (χ3v) is 6.68. The van der Waals surface area contributed by atoms with Crippen LogP contribution in [0.1, 0.15) is 63.0 Å². The lowest BCUT2D eigenvalue weighted by Crippen LogP contribution is -2.58. The maximum atomic E-state index is 13.8. The fourth-order valence-electron chi connectivity index (χ4n) is 4.34. The molecular weight excluding hydrogens is 479 g/mol. The second-order valence-electron chi connectivity index (χ2n) is 10.2. The van der Waals surface area contributed by atoms with Crippen LogP contribution in [0.5, 0.6) is 0 Å². The summed E-state index contributed by atoms with van der Waals surface area (Å²) in [7, 11) is 7.12. The van der Waals surface area contributed by atoms with E-state index in [9.17, 15) is 19.2 Å². The molecule has 2 aromatic carbocycles. The zero-order valence-electron chi connectivity index (χ0n) is 23.3. The molecule has 200 valence electrons. The molecule has 0 bridgehead atoms. The normalized spacial score (nSPS) is 13.4. The van der Waals surface area contributed by atoms with Crippen molar-refractivity contribution < 1.29 is 23.9 Å². The molecule has 2 rings (SSSR count). The Kier molecular flexibility index (Phi) is 10.6. The Hall–Kier alpha value is -3.68. The van der Waals surface area contributed by atoms with Crippen LogP contribution in [0.25, 0.3) is 0 Å². The largest absolute Gasteiger partial charge is 0.463 e. The highest BCUT2D eigenvalue weighted by atomic mass is 16.5. The molecule has 2 aromatic rings. The van der Waals surface area contributed by atoms with E-state index < -0.39 is 29.3 Å². The molecule has 38 heavy (non-hydrogen) atoms. The monoisotopic (exact) mass is 516 g/mol. The second kappa shape index (κ2) is 13.2. The van der Waals surface area contributed by atoms with Crippen molar-refractivity contribution in [3.05, 3.63) is 82.9 Å². The van der Waals surface area contributed by atoms with Gasteiger partial charge in [-0.05, 0) is 25.3 Å². The Labute approximate surface area is 227 Å². The van der Waals surface area contributed by atoms with Crippen LogP contribution in [0.2, 0.25) is 0 Å². The Balaban J connectivity index is 2.40. The molecule has 0 fully saturated rings. The van der Waals surface area contributed by atoms with Crippen LogP contribution in [-0.4, -0.2) is 62.0 Å². The number of hydrogen-bond donors (Lipinski definition) is 1. The highest BCUT2D eigenvalue weighted by Crippen LogP contribution is 2.30. The summed E-state index contributed by atoms with van der Waals surface area (Å²) in [6.07, 6.45) is 1.71. The lowest BCUT2D eigenvalue weighted by Gasteiger charge is -2.39. The van der Waals surface area contributed by atoms with Gasteiger partial charge in [-0.2, -0.15) is 0 Å². The van der Waals surface area contributed by atoms with Crippen LogP contribution in [0, 0.1) is 5.92 Å². The van der Waals surface area contributed by atoms with Gasteiger partial charge in [-0.25, -0.2) is 4.79 Å². The van der Waals surface area contributed by atoms with Gasteiger partial charge < -0.3 is 15.0 Å². The van der Waals surface area contributed by atoms with Crippen LogP contribution >= 0.6 is 0 Å². The number of esters is 1. The van der Waals surface area contributed by atoms with Gasteiger partial charge in [-0.1, -0.05) is 88.4 Å². The maximum Gasteiger partial charge on any atom is 0.333 e. The van der Waals surface area contributed by atoms with Crippen molar-refractivity contribution in [3.8, 4) is 0 Å². The van der Waals surface area contributed by atoms with Gasteiger partial charge in [0.05, 0.1) is 12.6 Å². The number of ketones is 1. The minimum absolute atomic E-state index is 0.0334. The van der Waals surface area contributed by atoms with Crippen molar-refractivity contribution in [3.63, 3.8) is 0 Å². The predicted molar refractivity (Wildman–Crippen MR) is 149 cm³/mol. The minimum atomic E-state index is -1.02. The lowest BCUT2D eigenvalue weighted by atomic mass is 9.76. The third kappa shape index (κ3) is 7.43. The van der Waals surface area contributed by atoms with Gasteiger partial charge in [-0.3, -0.25) is 14.4 Å². The smallest absolute Gasteiger partial charge is 0.333 e. The summed E-state index contributed by atoms with van der Waals surface area (Å²) in [5.41, 5.74) is 1.33. The van der Waals surface area contributed by atoms with Gasteiger partial charge in [0.15, 0.2) is 11.6 Å². The van der Waals surface area contributed by atoms with E-state index in [4.69, 9.17) is 12.6 Å². The number of amides is 2. The SMILES string of the molecule is [B]C(=O)N[C@H](C(=O)N(C)[C@H](/C=C(\C)C(=O)OCC)C(C)C)C(C)(C)c1ccc(C(=O)c2ccccc2)cc1. The number of nitrogens with one attached hydrogen (secondary N) is 1. The zero-order chi connectivity index (χ0) is 28.6. The van der Waals surface area contributed by atoms with Crippen molar-refractivity contribution >= 4 is 31.3 Å². The van der Waals surface area contributed by atoms with Crippen molar-refractivity contribution in [2.45, 2.75) is 59.0 Å². The van der Waals surface area contributed by atoms with E-state index in [2.05, 4.69) is 5.32 Å². The number of rotatable bonds is 11. The number of hydrogen-bond acceptors (Lipinski definition) is 5. The molecular formula is C30H37BN2O5. The highest BCUT2D eigenvalue weighted by molar-refractivity contribution is 6.57. The zero-order valence-corrected chi connectivity index (χ0v) is 23.3. The molecule has 2 radical (unpaired) electrons. The van der Waals surface area contributed by atoms with Crippen molar-refractivity contribution in [2.24, 2.45) is 5.92 Å². The van der Waals surface area contributed by atoms with Crippen molar-refractivity contribution in [1.82, 2.24) is 10.2 Å². The summed E-state index contributed by atoms with van der Waals surface area (Å²) in [5.74, 6) is -1.80. The van der Waals surface area contributed by atoms with Crippen LogP contribution in [-0.2, 0) is 19.7 Å². The number of ether oxygens (including phenoxy) is 1. The van der Waals surface area contributed by atoms with Crippen LogP contribution in [0.3, 0.4) is 0 Å². The number of benzene rings is 2. The number of nitrogens with zero attached hydrogens (tertiary/aromatic N) is 1. The molecule has 0 heterocycles. The van der Waals surface area contributed by atoms with E-state index in [1.807, 2.05) is 33.8 Å². The summed E-state index contributed by atoms with van der Waals surface area (Å²) < 4.78 is 5.08. The van der Waals surface area contributed by atoms with E-state index in [1.165, 1.54) is 4.90 Å². The highest BCUT2D eigenvalue weighted by Gasteiger charge is 2.40. The number of carbonyl (C=O) groups excluding carboxylic acids is 4. The fourth-order valence-corrected chi connectivity index (χ4v) is 4.34. The molecule has 7 nitrogen and oxygen atoms in total. The molecule has 0 aliphatic carbocycles. The predicted octanol–water partition coefficient (Wildman–Crippen LogP) is 4.43. The van der Waals surface area contributed by atoms with Gasteiger partial charge >= 0.3 is 5.97 Å². The summed E-state index contributed by atoms with van der Waals surface area (Å²) in [6.45, 7) is 11.2. The van der Waals surface area contributed by atoms with Crippen LogP contribution in [0.4, 0.5) is 4.79 Å². The van der Waals surface area contributed by atoms with Gasteiger partial charge in [0, 0.05) is 29.2 Å². The summed E-state index contributed by atoms with van der Waals surface area (Å²) >= 11 is 0.